The molecule has 1 aromatic heterocycles. The van der Waals surface area contributed by atoms with Gasteiger partial charge in [0, 0.05) is 38.3 Å². The third-order valence-corrected chi connectivity index (χ3v) is 4.53. The minimum absolute atomic E-state index is 0.211. The maximum absolute atomic E-state index is 6.27. The Labute approximate surface area is 131 Å². The van der Waals surface area contributed by atoms with Crippen molar-refractivity contribution in [2.45, 2.75) is 25.8 Å². The summed E-state index contributed by atoms with van der Waals surface area (Å²) in [7, 11) is 0. The molecule has 3 rings (SSSR count). The van der Waals surface area contributed by atoms with Crippen molar-refractivity contribution in [3.63, 3.8) is 0 Å². The summed E-state index contributed by atoms with van der Waals surface area (Å²) in [5.41, 5.74) is 12.2. The molecule has 4 N–H and O–H groups in total. The molecule has 2 aliphatic heterocycles. The van der Waals surface area contributed by atoms with E-state index in [1.807, 2.05) is 6.07 Å². The van der Waals surface area contributed by atoms with E-state index in [0.717, 1.165) is 63.9 Å². The summed E-state index contributed by atoms with van der Waals surface area (Å²) < 4.78 is 5.39. The highest BCUT2D eigenvalue weighted by Gasteiger charge is 2.30. The number of hydrogen-bond acceptors (Lipinski definition) is 7. The summed E-state index contributed by atoms with van der Waals surface area (Å²) in [6, 6.07) is 2.24. The highest BCUT2D eigenvalue weighted by Crippen LogP contribution is 2.27. The molecule has 0 bridgehead atoms. The predicted molar refractivity (Wildman–Crippen MR) is 88.1 cm³/mol. The van der Waals surface area contributed by atoms with Crippen molar-refractivity contribution < 1.29 is 4.74 Å². The normalized spacial score (nSPS) is 25.7. The number of anilines is 3. The maximum Gasteiger partial charge on any atom is 0.223 e. The first-order valence-electron chi connectivity index (χ1n) is 8.15. The Morgan fingerprint density at radius 2 is 1.86 bits per heavy atom. The van der Waals surface area contributed by atoms with Crippen LogP contribution in [-0.4, -0.2) is 55.4 Å². The lowest BCUT2D eigenvalue weighted by Gasteiger charge is -2.28. The largest absolute Gasteiger partial charge is 0.378 e. The second-order valence-corrected chi connectivity index (χ2v) is 6.16. The second kappa shape index (κ2) is 6.66. The standard InChI is InChI=1S/C15H26N6O/c1-2-3-11-9-21(10-12(11)16)14-8-13(18-15(17)19-14)20-4-6-22-7-5-20/h8,11-12H,2-7,9-10,16H2,1H3,(H2,17,18,19)/t11-,12-/m0/s1. The van der Waals surface area contributed by atoms with Crippen LogP contribution < -0.4 is 21.3 Å². The first kappa shape index (κ1) is 15.3. The number of hydrogen-bond donors (Lipinski definition) is 2. The van der Waals surface area contributed by atoms with E-state index in [1.165, 1.54) is 0 Å². The topological polar surface area (TPSA) is 93.5 Å². The molecule has 3 heterocycles. The van der Waals surface area contributed by atoms with Crippen LogP contribution in [0.4, 0.5) is 17.6 Å². The molecule has 7 heteroatoms. The number of nitrogens with two attached hydrogens (primary N) is 2. The maximum atomic E-state index is 6.27. The molecule has 0 aliphatic carbocycles. The lowest BCUT2D eigenvalue weighted by molar-refractivity contribution is 0.122. The Balaban J connectivity index is 1.77. The molecule has 0 aromatic carbocycles. The Bertz CT molecular complexity index is 505. The quantitative estimate of drug-likeness (QED) is 0.834. The van der Waals surface area contributed by atoms with Gasteiger partial charge in [0.1, 0.15) is 11.6 Å². The van der Waals surface area contributed by atoms with E-state index >= 15 is 0 Å². The lowest BCUT2D eigenvalue weighted by Crippen LogP contribution is -2.37. The van der Waals surface area contributed by atoms with Crippen LogP contribution in [-0.2, 0) is 4.74 Å². The zero-order chi connectivity index (χ0) is 15.5. The fourth-order valence-electron chi connectivity index (χ4n) is 3.32. The van der Waals surface area contributed by atoms with Crippen LogP contribution in [0.1, 0.15) is 19.8 Å². The summed E-state index contributed by atoms with van der Waals surface area (Å²) in [6.07, 6.45) is 2.33. The van der Waals surface area contributed by atoms with E-state index in [-0.39, 0.29) is 6.04 Å². The third-order valence-electron chi connectivity index (χ3n) is 4.53. The molecule has 7 nitrogen and oxygen atoms in total. The van der Waals surface area contributed by atoms with Crippen molar-refractivity contribution in [3.05, 3.63) is 6.07 Å². The van der Waals surface area contributed by atoms with Crippen molar-refractivity contribution in [1.29, 1.82) is 0 Å². The van der Waals surface area contributed by atoms with Gasteiger partial charge >= 0.3 is 0 Å². The van der Waals surface area contributed by atoms with Crippen LogP contribution >= 0.6 is 0 Å². The number of aromatic nitrogens is 2. The van der Waals surface area contributed by atoms with Crippen LogP contribution in [0, 0.1) is 5.92 Å². The zero-order valence-corrected chi connectivity index (χ0v) is 13.2. The van der Waals surface area contributed by atoms with Gasteiger partial charge in [-0.15, -0.1) is 0 Å². The van der Waals surface area contributed by atoms with Gasteiger partial charge < -0.3 is 26.0 Å². The lowest BCUT2D eigenvalue weighted by atomic mass is 9.99. The Morgan fingerprint density at radius 1 is 1.18 bits per heavy atom. The van der Waals surface area contributed by atoms with E-state index in [2.05, 4.69) is 26.7 Å². The molecule has 2 saturated heterocycles. The predicted octanol–water partition coefficient (Wildman–Crippen LogP) is 0.459. The van der Waals surface area contributed by atoms with Gasteiger partial charge in [-0.3, -0.25) is 0 Å². The highest BCUT2D eigenvalue weighted by molar-refractivity contribution is 5.55. The smallest absolute Gasteiger partial charge is 0.223 e. The molecule has 0 radical (unpaired) electrons. The van der Waals surface area contributed by atoms with Gasteiger partial charge in [0.05, 0.1) is 13.2 Å². The summed E-state index contributed by atoms with van der Waals surface area (Å²) in [6.45, 7) is 7.13. The molecular formula is C15H26N6O. The molecule has 0 spiro atoms. The van der Waals surface area contributed by atoms with Crippen LogP contribution in [0.25, 0.3) is 0 Å². The van der Waals surface area contributed by atoms with E-state index in [0.29, 0.717) is 11.9 Å². The average molecular weight is 306 g/mol. The molecule has 0 saturated carbocycles. The van der Waals surface area contributed by atoms with Gasteiger partial charge in [-0.05, 0) is 12.3 Å². The zero-order valence-electron chi connectivity index (χ0n) is 13.2. The van der Waals surface area contributed by atoms with Crippen LogP contribution in [0.3, 0.4) is 0 Å². The van der Waals surface area contributed by atoms with E-state index in [9.17, 15) is 0 Å². The van der Waals surface area contributed by atoms with Gasteiger partial charge in [0.25, 0.3) is 0 Å². The molecule has 0 amide bonds. The van der Waals surface area contributed by atoms with Gasteiger partial charge in [-0.2, -0.15) is 9.97 Å². The molecular weight excluding hydrogens is 280 g/mol. The Hall–Kier alpha value is -1.60. The Kier molecular flexibility index (Phi) is 4.63. The molecule has 0 unspecified atom stereocenters. The molecule has 2 aliphatic rings. The fourth-order valence-corrected chi connectivity index (χ4v) is 3.32. The third kappa shape index (κ3) is 3.25. The number of nitrogen functional groups attached to an aromatic ring is 1. The first-order valence-corrected chi connectivity index (χ1v) is 8.15. The second-order valence-electron chi connectivity index (χ2n) is 6.16. The summed E-state index contributed by atoms with van der Waals surface area (Å²) >= 11 is 0. The van der Waals surface area contributed by atoms with Crippen molar-refractivity contribution in [2.24, 2.45) is 11.7 Å². The highest BCUT2D eigenvalue weighted by atomic mass is 16.5. The van der Waals surface area contributed by atoms with Crippen LogP contribution in [0.15, 0.2) is 6.07 Å². The molecule has 122 valence electrons. The fraction of sp³-hybridized carbons (Fsp3) is 0.733. The minimum Gasteiger partial charge on any atom is -0.378 e. The van der Waals surface area contributed by atoms with Gasteiger partial charge in [0.15, 0.2) is 0 Å². The summed E-state index contributed by atoms with van der Waals surface area (Å²) in [4.78, 5) is 13.2. The average Bonchev–Trinajstić information content (AvgIpc) is 2.89. The SMILES string of the molecule is CCC[C@H]1CN(c2cc(N3CCOCC3)nc(N)n2)C[C@@H]1N. The minimum atomic E-state index is 0.211. The van der Waals surface area contributed by atoms with E-state index in [1.54, 1.807) is 0 Å². The summed E-state index contributed by atoms with van der Waals surface area (Å²) in [5.74, 6) is 2.64. The van der Waals surface area contributed by atoms with E-state index in [4.69, 9.17) is 16.2 Å². The number of nitrogens with zero attached hydrogens (tertiary/aromatic N) is 4. The van der Waals surface area contributed by atoms with Crippen LogP contribution in [0.2, 0.25) is 0 Å². The number of ether oxygens (including phenoxy) is 1. The van der Waals surface area contributed by atoms with E-state index < -0.39 is 0 Å². The number of rotatable bonds is 4. The van der Waals surface area contributed by atoms with Gasteiger partial charge in [-0.1, -0.05) is 13.3 Å². The first-order chi connectivity index (χ1) is 10.7. The molecule has 2 fully saturated rings. The molecule has 1 aromatic rings. The number of morpholine rings is 1. The Morgan fingerprint density at radius 3 is 2.55 bits per heavy atom. The van der Waals surface area contributed by atoms with Gasteiger partial charge in [-0.25, -0.2) is 0 Å². The van der Waals surface area contributed by atoms with Crippen molar-refractivity contribution in [3.8, 4) is 0 Å². The molecule has 2 atom stereocenters. The monoisotopic (exact) mass is 306 g/mol. The molecule has 22 heavy (non-hydrogen) atoms. The summed E-state index contributed by atoms with van der Waals surface area (Å²) in [5, 5.41) is 0. The van der Waals surface area contributed by atoms with Crippen LogP contribution in [0.5, 0.6) is 0 Å². The van der Waals surface area contributed by atoms with Gasteiger partial charge in [0.2, 0.25) is 5.95 Å². The van der Waals surface area contributed by atoms with Crippen molar-refractivity contribution >= 4 is 17.6 Å². The van der Waals surface area contributed by atoms with Crippen molar-refractivity contribution in [2.75, 3.05) is 54.9 Å². The van der Waals surface area contributed by atoms with Crippen molar-refractivity contribution in [1.82, 2.24) is 9.97 Å².